The quantitative estimate of drug-likeness (QED) is 0.200. The summed E-state index contributed by atoms with van der Waals surface area (Å²) in [6.07, 6.45) is 6.21. The normalized spacial score (nSPS) is 14.8. The first kappa shape index (κ1) is 26.4. The maximum Gasteiger partial charge on any atom is 0.416 e. The molecule has 1 aliphatic heterocycles. The van der Waals surface area contributed by atoms with Crippen LogP contribution in [0.2, 0.25) is 0 Å². The minimum atomic E-state index is -4.41. The van der Waals surface area contributed by atoms with Gasteiger partial charge in [-0.25, -0.2) is 0 Å². The molecule has 1 N–H and O–H groups in total. The maximum atomic E-state index is 13.1. The number of benzene rings is 3. The van der Waals surface area contributed by atoms with E-state index in [1.807, 2.05) is 36.4 Å². The van der Waals surface area contributed by atoms with Crippen LogP contribution in [0, 0.1) is 0 Å². The van der Waals surface area contributed by atoms with E-state index >= 15 is 0 Å². The third-order valence-electron chi connectivity index (χ3n) is 6.84. The fourth-order valence-electron chi connectivity index (χ4n) is 4.82. The monoisotopic (exact) mass is 527 g/mol. The molecule has 4 nitrogen and oxygen atoms in total. The topological polar surface area (TPSA) is 45.2 Å². The van der Waals surface area contributed by atoms with Crippen LogP contribution >= 0.6 is 0 Å². The van der Waals surface area contributed by atoms with Gasteiger partial charge < -0.3 is 5.32 Å². The fourth-order valence-corrected chi connectivity index (χ4v) is 4.82. The van der Waals surface area contributed by atoms with Crippen LogP contribution < -0.4 is 5.32 Å². The van der Waals surface area contributed by atoms with E-state index in [9.17, 15) is 18.0 Å². The number of alkyl halides is 3. The van der Waals surface area contributed by atoms with Crippen molar-refractivity contribution in [1.29, 1.82) is 0 Å². The van der Waals surface area contributed by atoms with Crippen molar-refractivity contribution in [2.45, 2.75) is 25.6 Å². The molecule has 5 rings (SSSR count). The van der Waals surface area contributed by atoms with E-state index in [0.717, 1.165) is 53.7 Å². The highest BCUT2D eigenvalue weighted by molar-refractivity contribution is 6.06. The summed E-state index contributed by atoms with van der Waals surface area (Å²) in [5, 5.41) is 4.68. The summed E-state index contributed by atoms with van der Waals surface area (Å²) in [6.45, 7) is 3.08. The number of halogens is 3. The van der Waals surface area contributed by atoms with Gasteiger partial charge in [0.25, 0.3) is 0 Å². The van der Waals surface area contributed by atoms with Crippen LogP contribution in [0.1, 0.15) is 35.1 Å². The maximum absolute atomic E-state index is 13.1. The van der Waals surface area contributed by atoms with Crippen molar-refractivity contribution in [3.8, 4) is 0 Å². The number of allylic oxidation sites excluding steroid dienone is 2. The molecule has 1 fully saturated rings. The predicted octanol–water partition coefficient (Wildman–Crippen LogP) is 7.48. The molecule has 1 amide bonds. The van der Waals surface area contributed by atoms with Crippen molar-refractivity contribution in [3.05, 3.63) is 126 Å². The number of hydrogen-bond acceptors (Lipinski definition) is 3. The van der Waals surface area contributed by atoms with Crippen LogP contribution in [0.3, 0.4) is 0 Å². The first-order valence-electron chi connectivity index (χ1n) is 12.9. The van der Waals surface area contributed by atoms with Gasteiger partial charge in [0.1, 0.15) is 0 Å². The fraction of sp³-hybridized carbons (Fsp3) is 0.188. The number of amides is 1. The molecule has 0 atom stereocenters. The number of likely N-dealkylation sites (tertiary alicyclic amines) is 1. The molecule has 7 heteroatoms. The van der Waals surface area contributed by atoms with E-state index in [1.165, 1.54) is 36.6 Å². The van der Waals surface area contributed by atoms with Gasteiger partial charge in [-0.1, -0.05) is 60.7 Å². The second kappa shape index (κ2) is 11.7. The van der Waals surface area contributed by atoms with Crippen LogP contribution in [0.5, 0.6) is 0 Å². The van der Waals surface area contributed by atoms with Crippen LogP contribution in [0.25, 0.3) is 16.3 Å². The lowest BCUT2D eigenvalue weighted by Crippen LogP contribution is -2.18. The summed E-state index contributed by atoms with van der Waals surface area (Å²) in [6, 6.07) is 20.6. The van der Waals surface area contributed by atoms with E-state index in [0.29, 0.717) is 11.3 Å². The van der Waals surface area contributed by atoms with Crippen molar-refractivity contribution in [1.82, 2.24) is 9.88 Å². The van der Waals surface area contributed by atoms with E-state index < -0.39 is 11.7 Å². The van der Waals surface area contributed by atoms with Gasteiger partial charge in [-0.3, -0.25) is 14.7 Å². The molecule has 0 bridgehead atoms. The Hall–Kier alpha value is -4.23. The lowest BCUT2D eigenvalue weighted by molar-refractivity contribution is -0.137. The number of pyridine rings is 1. The molecule has 39 heavy (non-hydrogen) atoms. The van der Waals surface area contributed by atoms with Crippen molar-refractivity contribution in [2.75, 3.05) is 18.4 Å². The summed E-state index contributed by atoms with van der Waals surface area (Å²) < 4.78 is 39.4. The molecule has 1 aliphatic rings. The summed E-state index contributed by atoms with van der Waals surface area (Å²) in [4.78, 5) is 19.2. The highest BCUT2D eigenvalue weighted by atomic mass is 19.4. The number of hydrogen-bond donors (Lipinski definition) is 1. The third-order valence-corrected chi connectivity index (χ3v) is 6.84. The molecule has 198 valence electrons. The number of aromatic nitrogens is 1. The Morgan fingerprint density at radius 2 is 1.62 bits per heavy atom. The number of rotatable bonds is 7. The van der Waals surface area contributed by atoms with Gasteiger partial charge in [0.15, 0.2) is 0 Å². The van der Waals surface area contributed by atoms with E-state index in [4.69, 9.17) is 0 Å². The molecule has 0 aliphatic carbocycles. The number of anilines is 1. The largest absolute Gasteiger partial charge is 0.416 e. The lowest BCUT2D eigenvalue weighted by atomic mass is 9.95. The van der Waals surface area contributed by atoms with Crippen LogP contribution in [0.4, 0.5) is 18.9 Å². The standard InChI is InChI=1S/C32H28F3N3O/c33-32(34,35)27-15-13-25(14-16-27)28(24-11-9-23(10-12-24)22-38-19-1-2-20-38)6-4-8-31(39)37-30-7-3-5-26-21-36-18-17-29(26)30/h3-18,21H,1-2,19-20,22H2,(H,37,39). The zero-order chi connectivity index (χ0) is 27.2. The Kier molecular flexibility index (Phi) is 7.89. The Morgan fingerprint density at radius 3 is 2.31 bits per heavy atom. The number of carbonyl (C=O) groups is 1. The molecule has 3 aromatic carbocycles. The summed E-state index contributed by atoms with van der Waals surface area (Å²) in [7, 11) is 0. The van der Waals surface area contributed by atoms with Gasteiger partial charge in [-0.15, -0.1) is 0 Å². The van der Waals surface area contributed by atoms with Crippen LogP contribution in [-0.2, 0) is 17.5 Å². The van der Waals surface area contributed by atoms with Crippen LogP contribution in [-0.4, -0.2) is 28.9 Å². The minimum absolute atomic E-state index is 0.316. The first-order valence-corrected chi connectivity index (χ1v) is 12.9. The summed E-state index contributed by atoms with van der Waals surface area (Å²) >= 11 is 0. The SMILES string of the molecule is O=C(C=CC=C(c1ccc(CN2CCCC2)cc1)c1ccc(C(F)(F)F)cc1)Nc1cccc2cnccc12. The zero-order valence-electron chi connectivity index (χ0n) is 21.3. The molecule has 2 heterocycles. The van der Waals surface area contributed by atoms with E-state index in [2.05, 4.69) is 27.3 Å². The van der Waals surface area contributed by atoms with Crippen molar-refractivity contribution in [3.63, 3.8) is 0 Å². The van der Waals surface area contributed by atoms with Gasteiger partial charge in [-0.05, 0) is 72.5 Å². The summed E-state index contributed by atoms with van der Waals surface area (Å²) in [5.41, 5.74) is 3.36. The number of nitrogens with zero attached hydrogens (tertiary/aromatic N) is 2. The van der Waals surface area contributed by atoms with Gasteiger partial charge in [0.2, 0.25) is 5.91 Å². The molecule has 0 radical (unpaired) electrons. The second-order valence-corrected chi connectivity index (χ2v) is 9.59. The average Bonchev–Trinajstić information content (AvgIpc) is 3.45. The number of nitrogens with one attached hydrogen (secondary N) is 1. The van der Waals surface area contributed by atoms with E-state index in [-0.39, 0.29) is 5.91 Å². The van der Waals surface area contributed by atoms with Crippen molar-refractivity contribution >= 4 is 27.9 Å². The second-order valence-electron chi connectivity index (χ2n) is 9.59. The molecular formula is C32H28F3N3O. The Morgan fingerprint density at radius 1 is 0.923 bits per heavy atom. The van der Waals surface area contributed by atoms with Gasteiger partial charge >= 0.3 is 6.18 Å². The highest BCUT2D eigenvalue weighted by Gasteiger charge is 2.30. The van der Waals surface area contributed by atoms with Gasteiger partial charge in [0, 0.05) is 41.5 Å². The number of carbonyl (C=O) groups excluding carboxylic acids is 1. The molecule has 0 spiro atoms. The smallest absolute Gasteiger partial charge is 0.322 e. The molecule has 0 unspecified atom stereocenters. The van der Waals surface area contributed by atoms with Crippen LogP contribution in [0.15, 0.2) is 103 Å². The molecule has 1 aromatic heterocycles. The third kappa shape index (κ3) is 6.62. The zero-order valence-corrected chi connectivity index (χ0v) is 21.3. The molecule has 4 aromatic rings. The minimum Gasteiger partial charge on any atom is -0.322 e. The van der Waals surface area contributed by atoms with Crippen molar-refractivity contribution in [2.24, 2.45) is 0 Å². The van der Waals surface area contributed by atoms with Gasteiger partial charge in [-0.2, -0.15) is 13.2 Å². The molecular weight excluding hydrogens is 499 g/mol. The number of fused-ring (bicyclic) bond motifs is 1. The molecule has 0 saturated carbocycles. The predicted molar refractivity (Wildman–Crippen MR) is 149 cm³/mol. The van der Waals surface area contributed by atoms with Crippen molar-refractivity contribution < 1.29 is 18.0 Å². The Balaban J connectivity index is 1.39. The van der Waals surface area contributed by atoms with Gasteiger partial charge in [0.05, 0.1) is 5.56 Å². The summed E-state index contributed by atoms with van der Waals surface area (Å²) in [5.74, 6) is -0.316. The highest BCUT2D eigenvalue weighted by Crippen LogP contribution is 2.32. The van der Waals surface area contributed by atoms with E-state index in [1.54, 1.807) is 24.5 Å². The molecule has 1 saturated heterocycles. The lowest BCUT2D eigenvalue weighted by Gasteiger charge is -2.15. The average molecular weight is 528 g/mol. The first-order chi connectivity index (χ1) is 18.9. The Labute approximate surface area is 225 Å². The Bertz CT molecular complexity index is 1500.